The minimum absolute atomic E-state index is 0.200. The molecule has 0 fully saturated rings. The Labute approximate surface area is 119 Å². The molecule has 0 aromatic heterocycles. The van der Waals surface area contributed by atoms with Gasteiger partial charge in [-0.25, -0.2) is 0 Å². The molecule has 2 aromatic carbocycles. The normalized spacial score (nSPS) is 16.4. The molecule has 0 radical (unpaired) electrons. The molecular formula is C18H20O2. The summed E-state index contributed by atoms with van der Waals surface area (Å²) in [5.41, 5.74) is 3.08. The molecule has 1 aliphatic rings. The van der Waals surface area contributed by atoms with Crippen LogP contribution in [0.2, 0.25) is 0 Å². The number of aliphatic hydroxyl groups is 1. The lowest BCUT2D eigenvalue weighted by Crippen LogP contribution is -2.26. The molecular weight excluding hydrogens is 248 g/mol. The molecule has 0 heterocycles. The Bertz CT molecular complexity index is 619. The number of phenolic OH excluding ortho intramolecular Hbond substituents is 1. The van der Waals surface area contributed by atoms with Crippen molar-refractivity contribution in [3.8, 4) is 5.75 Å². The van der Waals surface area contributed by atoms with Gasteiger partial charge < -0.3 is 10.2 Å². The molecule has 0 unspecified atom stereocenters. The molecule has 104 valence electrons. The van der Waals surface area contributed by atoms with Crippen molar-refractivity contribution in [1.82, 2.24) is 0 Å². The zero-order valence-corrected chi connectivity index (χ0v) is 11.9. The summed E-state index contributed by atoms with van der Waals surface area (Å²) in [5.74, 6) is 0.567. The molecule has 0 bridgehead atoms. The number of hydrogen-bond acceptors (Lipinski definition) is 2. The van der Waals surface area contributed by atoms with Crippen LogP contribution >= 0.6 is 0 Å². The second-order valence-corrected chi connectivity index (χ2v) is 6.09. The van der Waals surface area contributed by atoms with E-state index in [0.717, 1.165) is 5.56 Å². The fourth-order valence-corrected chi connectivity index (χ4v) is 3.09. The van der Waals surface area contributed by atoms with E-state index in [1.165, 1.54) is 11.1 Å². The molecule has 0 aliphatic heterocycles. The van der Waals surface area contributed by atoms with E-state index < -0.39 is 5.60 Å². The maximum Gasteiger partial charge on any atom is 0.121 e. The maximum absolute atomic E-state index is 10.9. The first kappa shape index (κ1) is 13.2. The molecule has 0 saturated carbocycles. The van der Waals surface area contributed by atoms with E-state index in [1.54, 1.807) is 6.07 Å². The Balaban J connectivity index is 1.98. The van der Waals surface area contributed by atoms with Gasteiger partial charge in [0.1, 0.15) is 11.4 Å². The molecule has 3 rings (SSSR count). The number of benzene rings is 2. The molecule has 1 aliphatic carbocycles. The minimum atomic E-state index is -0.983. The standard InChI is InChI=1S/C18H20O2/c1-12(2)13-7-8-16(17(19)9-13)18(20)10-14-5-3-4-6-15(14)11-18/h3-9,12,19-20H,10-11H2,1-2H3. The summed E-state index contributed by atoms with van der Waals surface area (Å²) in [4.78, 5) is 0. The Morgan fingerprint density at radius 3 is 2.10 bits per heavy atom. The van der Waals surface area contributed by atoms with Gasteiger partial charge in [-0.15, -0.1) is 0 Å². The average molecular weight is 268 g/mol. The number of fused-ring (bicyclic) bond motifs is 1. The number of phenols is 1. The van der Waals surface area contributed by atoms with Crippen LogP contribution in [-0.2, 0) is 18.4 Å². The van der Waals surface area contributed by atoms with E-state index in [-0.39, 0.29) is 5.75 Å². The van der Waals surface area contributed by atoms with Gasteiger partial charge in [0.15, 0.2) is 0 Å². The highest BCUT2D eigenvalue weighted by Gasteiger charge is 2.38. The van der Waals surface area contributed by atoms with Gasteiger partial charge in [0, 0.05) is 18.4 Å². The van der Waals surface area contributed by atoms with Gasteiger partial charge in [0.2, 0.25) is 0 Å². The number of aromatic hydroxyl groups is 1. The van der Waals surface area contributed by atoms with Crippen LogP contribution < -0.4 is 0 Å². The molecule has 0 amide bonds. The summed E-state index contributed by atoms with van der Waals surface area (Å²) >= 11 is 0. The van der Waals surface area contributed by atoms with Gasteiger partial charge in [-0.1, -0.05) is 50.2 Å². The first-order valence-corrected chi connectivity index (χ1v) is 7.12. The second kappa shape index (κ2) is 4.64. The van der Waals surface area contributed by atoms with Crippen LogP contribution in [0.25, 0.3) is 0 Å². The van der Waals surface area contributed by atoms with E-state index in [4.69, 9.17) is 0 Å². The van der Waals surface area contributed by atoms with Crippen LogP contribution in [0.3, 0.4) is 0 Å². The summed E-state index contributed by atoms with van der Waals surface area (Å²) in [7, 11) is 0. The lowest BCUT2D eigenvalue weighted by Gasteiger charge is -2.24. The molecule has 0 spiro atoms. The van der Waals surface area contributed by atoms with Crippen LogP contribution in [0.5, 0.6) is 5.75 Å². The van der Waals surface area contributed by atoms with Crippen LogP contribution in [0.1, 0.15) is 42.0 Å². The Morgan fingerprint density at radius 2 is 1.60 bits per heavy atom. The van der Waals surface area contributed by atoms with Crippen molar-refractivity contribution in [1.29, 1.82) is 0 Å². The molecule has 0 saturated heterocycles. The highest BCUT2D eigenvalue weighted by Crippen LogP contribution is 2.41. The quantitative estimate of drug-likeness (QED) is 0.875. The fraction of sp³-hybridized carbons (Fsp3) is 0.333. The number of rotatable bonds is 2. The smallest absolute Gasteiger partial charge is 0.121 e. The van der Waals surface area contributed by atoms with E-state index in [2.05, 4.69) is 13.8 Å². The zero-order chi connectivity index (χ0) is 14.3. The molecule has 2 heteroatoms. The van der Waals surface area contributed by atoms with Crippen LogP contribution in [-0.4, -0.2) is 10.2 Å². The predicted molar refractivity (Wildman–Crippen MR) is 79.9 cm³/mol. The first-order chi connectivity index (χ1) is 9.49. The van der Waals surface area contributed by atoms with Crippen molar-refractivity contribution in [2.24, 2.45) is 0 Å². The van der Waals surface area contributed by atoms with Crippen molar-refractivity contribution in [2.75, 3.05) is 0 Å². The summed E-state index contributed by atoms with van der Waals surface area (Å²) in [6.45, 7) is 4.18. The highest BCUT2D eigenvalue weighted by atomic mass is 16.3. The fourth-order valence-electron chi connectivity index (χ4n) is 3.09. The molecule has 0 atom stereocenters. The van der Waals surface area contributed by atoms with Crippen molar-refractivity contribution in [3.63, 3.8) is 0 Å². The largest absolute Gasteiger partial charge is 0.508 e. The summed E-state index contributed by atoms with van der Waals surface area (Å²) in [5, 5.41) is 21.2. The van der Waals surface area contributed by atoms with Gasteiger partial charge in [0.25, 0.3) is 0 Å². The van der Waals surface area contributed by atoms with Gasteiger partial charge in [-0.05, 0) is 28.7 Å². The van der Waals surface area contributed by atoms with E-state index in [1.807, 2.05) is 36.4 Å². The maximum atomic E-state index is 10.9. The van der Waals surface area contributed by atoms with Crippen molar-refractivity contribution in [2.45, 2.75) is 38.2 Å². The van der Waals surface area contributed by atoms with Gasteiger partial charge in [-0.3, -0.25) is 0 Å². The monoisotopic (exact) mass is 268 g/mol. The Kier molecular flexibility index (Phi) is 3.06. The van der Waals surface area contributed by atoms with E-state index >= 15 is 0 Å². The molecule has 2 aromatic rings. The third-order valence-electron chi connectivity index (χ3n) is 4.27. The van der Waals surface area contributed by atoms with Crippen molar-refractivity contribution in [3.05, 3.63) is 64.7 Å². The SMILES string of the molecule is CC(C)c1ccc(C2(O)Cc3ccccc3C2)c(O)c1. The summed E-state index contributed by atoms with van der Waals surface area (Å²) in [6, 6.07) is 13.7. The lowest BCUT2D eigenvalue weighted by molar-refractivity contribution is 0.0457. The average Bonchev–Trinajstić information content (AvgIpc) is 2.75. The Morgan fingerprint density at radius 1 is 1.00 bits per heavy atom. The second-order valence-electron chi connectivity index (χ2n) is 6.09. The Hall–Kier alpha value is -1.80. The topological polar surface area (TPSA) is 40.5 Å². The highest BCUT2D eigenvalue weighted by molar-refractivity contribution is 5.46. The molecule has 2 nitrogen and oxygen atoms in total. The molecule has 20 heavy (non-hydrogen) atoms. The lowest BCUT2D eigenvalue weighted by atomic mass is 9.88. The van der Waals surface area contributed by atoms with Crippen LogP contribution in [0, 0.1) is 0 Å². The summed E-state index contributed by atoms with van der Waals surface area (Å²) in [6.07, 6.45) is 1.13. The summed E-state index contributed by atoms with van der Waals surface area (Å²) < 4.78 is 0. The minimum Gasteiger partial charge on any atom is -0.508 e. The number of hydrogen-bond donors (Lipinski definition) is 2. The third-order valence-corrected chi connectivity index (χ3v) is 4.27. The van der Waals surface area contributed by atoms with Crippen LogP contribution in [0.4, 0.5) is 0 Å². The first-order valence-electron chi connectivity index (χ1n) is 7.12. The van der Waals surface area contributed by atoms with E-state index in [9.17, 15) is 10.2 Å². The van der Waals surface area contributed by atoms with Gasteiger partial charge >= 0.3 is 0 Å². The third kappa shape index (κ3) is 2.10. The van der Waals surface area contributed by atoms with Gasteiger partial charge in [-0.2, -0.15) is 0 Å². The van der Waals surface area contributed by atoms with E-state index in [0.29, 0.717) is 24.3 Å². The predicted octanol–water partition coefficient (Wildman–Crippen LogP) is 3.50. The molecule has 2 N–H and O–H groups in total. The van der Waals surface area contributed by atoms with Crippen LogP contribution in [0.15, 0.2) is 42.5 Å². The van der Waals surface area contributed by atoms with Crippen molar-refractivity contribution < 1.29 is 10.2 Å². The van der Waals surface area contributed by atoms with Gasteiger partial charge in [0.05, 0.1) is 0 Å². The zero-order valence-electron chi connectivity index (χ0n) is 11.9. The van der Waals surface area contributed by atoms with Crippen molar-refractivity contribution >= 4 is 0 Å².